The Kier molecular flexibility index (Phi) is 6.15. The molecule has 0 atom stereocenters. The molecule has 0 unspecified atom stereocenters. The summed E-state index contributed by atoms with van der Waals surface area (Å²) in [6.45, 7) is 2.49. The van der Waals surface area contributed by atoms with Gasteiger partial charge in [0.25, 0.3) is 5.69 Å². The van der Waals surface area contributed by atoms with Crippen molar-refractivity contribution in [3.05, 3.63) is 68.0 Å². The van der Waals surface area contributed by atoms with Crippen LogP contribution < -0.4 is 10.2 Å². The van der Waals surface area contributed by atoms with Gasteiger partial charge in [-0.15, -0.1) is 11.3 Å². The molecule has 1 heterocycles. The van der Waals surface area contributed by atoms with E-state index in [4.69, 9.17) is 4.74 Å². The zero-order chi connectivity index (χ0) is 19.2. The maximum absolute atomic E-state index is 10.9. The molecule has 0 aliphatic heterocycles. The van der Waals surface area contributed by atoms with Crippen LogP contribution in [-0.2, 0) is 0 Å². The summed E-state index contributed by atoms with van der Waals surface area (Å²) in [5.41, 5.74) is 5.08. The Hall–Kier alpha value is -2.78. The lowest BCUT2D eigenvalue weighted by Gasteiger charge is -2.06. The molecular formula is C18H15BrN4O3S. The van der Waals surface area contributed by atoms with Crippen LogP contribution in [0.15, 0.2) is 57.4 Å². The van der Waals surface area contributed by atoms with Crippen molar-refractivity contribution in [2.45, 2.75) is 6.92 Å². The van der Waals surface area contributed by atoms with Crippen molar-refractivity contribution < 1.29 is 9.66 Å². The van der Waals surface area contributed by atoms with Gasteiger partial charge in [0.2, 0.25) is 5.13 Å². The quantitative estimate of drug-likeness (QED) is 0.301. The molecule has 9 heteroatoms. The number of hydrogen-bond donors (Lipinski definition) is 1. The Morgan fingerprint density at radius 3 is 3.00 bits per heavy atom. The number of thiazole rings is 1. The number of benzene rings is 2. The SMILES string of the molecule is CCOc1ccc(Br)cc1/C=N/Nc1nc(-c2cccc([N+](=O)[O-])c2)cs1. The molecule has 0 radical (unpaired) electrons. The summed E-state index contributed by atoms with van der Waals surface area (Å²) in [6, 6.07) is 12.1. The highest BCUT2D eigenvalue weighted by Crippen LogP contribution is 2.27. The average molecular weight is 447 g/mol. The largest absolute Gasteiger partial charge is 0.493 e. The molecular weight excluding hydrogens is 432 g/mol. The predicted octanol–water partition coefficient (Wildman–Crippen LogP) is 5.33. The van der Waals surface area contributed by atoms with E-state index in [0.29, 0.717) is 23.0 Å². The van der Waals surface area contributed by atoms with E-state index >= 15 is 0 Å². The van der Waals surface area contributed by atoms with Crippen molar-refractivity contribution in [1.29, 1.82) is 0 Å². The number of ether oxygens (including phenoxy) is 1. The maximum Gasteiger partial charge on any atom is 0.270 e. The number of anilines is 1. The molecule has 0 saturated heterocycles. The van der Waals surface area contributed by atoms with Crippen LogP contribution in [0.2, 0.25) is 0 Å². The highest BCUT2D eigenvalue weighted by atomic mass is 79.9. The Bertz CT molecular complexity index is 990. The van der Waals surface area contributed by atoms with E-state index in [1.165, 1.54) is 23.5 Å². The number of nitrogens with one attached hydrogen (secondary N) is 1. The first-order valence-electron chi connectivity index (χ1n) is 7.98. The van der Waals surface area contributed by atoms with E-state index in [1.807, 2.05) is 30.5 Å². The minimum Gasteiger partial charge on any atom is -0.493 e. The van der Waals surface area contributed by atoms with Crippen LogP contribution in [0.25, 0.3) is 11.3 Å². The van der Waals surface area contributed by atoms with Crippen molar-refractivity contribution in [1.82, 2.24) is 4.98 Å². The van der Waals surface area contributed by atoms with E-state index in [-0.39, 0.29) is 5.69 Å². The Labute approximate surface area is 168 Å². The highest BCUT2D eigenvalue weighted by Gasteiger charge is 2.10. The van der Waals surface area contributed by atoms with Crippen LogP contribution in [0.5, 0.6) is 5.75 Å². The minimum absolute atomic E-state index is 0.0335. The van der Waals surface area contributed by atoms with Crippen LogP contribution in [0.1, 0.15) is 12.5 Å². The summed E-state index contributed by atoms with van der Waals surface area (Å²) in [4.78, 5) is 14.9. The normalized spacial score (nSPS) is 10.9. The number of nitro groups is 1. The van der Waals surface area contributed by atoms with Gasteiger partial charge in [-0.3, -0.25) is 15.5 Å². The first-order chi connectivity index (χ1) is 13.1. The molecule has 0 fully saturated rings. The van der Waals surface area contributed by atoms with E-state index in [0.717, 1.165) is 15.8 Å². The number of nitrogens with zero attached hydrogens (tertiary/aromatic N) is 3. The predicted molar refractivity (Wildman–Crippen MR) is 111 cm³/mol. The minimum atomic E-state index is -0.423. The second-order valence-electron chi connectivity index (χ2n) is 5.33. The van der Waals surface area contributed by atoms with Crippen LogP contribution in [0.3, 0.4) is 0 Å². The van der Waals surface area contributed by atoms with Crippen LogP contribution in [0, 0.1) is 10.1 Å². The third kappa shape index (κ3) is 4.89. The number of hydrogen-bond acceptors (Lipinski definition) is 7. The summed E-state index contributed by atoms with van der Waals surface area (Å²) in [6.07, 6.45) is 1.66. The first-order valence-corrected chi connectivity index (χ1v) is 9.66. The molecule has 0 amide bonds. The molecule has 2 aromatic carbocycles. The molecule has 0 spiro atoms. The van der Waals surface area contributed by atoms with Gasteiger partial charge in [-0.25, -0.2) is 4.98 Å². The van der Waals surface area contributed by atoms with Crippen molar-refractivity contribution in [3.63, 3.8) is 0 Å². The molecule has 0 saturated carbocycles. The van der Waals surface area contributed by atoms with E-state index in [1.54, 1.807) is 18.3 Å². The van der Waals surface area contributed by atoms with Gasteiger partial charge in [-0.05, 0) is 25.1 Å². The summed E-state index contributed by atoms with van der Waals surface area (Å²) in [7, 11) is 0. The lowest BCUT2D eigenvalue weighted by atomic mass is 10.1. The molecule has 3 rings (SSSR count). The number of nitro benzene ring substituents is 1. The van der Waals surface area contributed by atoms with Crippen LogP contribution in [0.4, 0.5) is 10.8 Å². The second kappa shape index (κ2) is 8.74. The summed E-state index contributed by atoms with van der Waals surface area (Å²) in [5.74, 6) is 0.739. The highest BCUT2D eigenvalue weighted by molar-refractivity contribution is 9.10. The monoisotopic (exact) mass is 446 g/mol. The molecule has 0 bridgehead atoms. The lowest BCUT2D eigenvalue weighted by molar-refractivity contribution is -0.384. The Morgan fingerprint density at radius 1 is 1.37 bits per heavy atom. The van der Waals surface area contributed by atoms with Gasteiger partial charge >= 0.3 is 0 Å². The third-order valence-corrected chi connectivity index (χ3v) is 4.73. The molecule has 0 aliphatic carbocycles. The molecule has 7 nitrogen and oxygen atoms in total. The van der Waals surface area contributed by atoms with Crippen LogP contribution >= 0.6 is 27.3 Å². The molecule has 0 aliphatic rings. The fourth-order valence-electron chi connectivity index (χ4n) is 2.30. The lowest BCUT2D eigenvalue weighted by Crippen LogP contribution is -1.97. The number of non-ortho nitro benzene ring substituents is 1. The fourth-order valence-corrected chi connectivity index (χ4v) is 3.35. The average Bonchev–Trinajstić information content (AvgIpc) is 3.13. The third-order valence-electron chi connectivity index (χ3n) is 3.49. The zero-order valence-corrected chi connectivity index (χ0v) is 16.7. The van der Waals surface area contributed by atoms with Gasteiger partial charge in [0.15, 0.2) is 0 Å². The van der Waals surface area contributed by atoms with E-state index in [2.05, 4.69) is 31.4 Å². The Balaban J connectivity index is 1.73. The summed E-state index contributed by atoms with van der Waals surface area (Å²) < 4.78 is 6.50. The van der Waals surface area contributed by atoms with Gasteiger partial charge in [-0.2, -0.15) is 5.10 Å². The number of aromatic nitrogens is 1. The van der Waals surface area contributed by atoms with Gasteiger partial charge < -0.3 is 4.74 Å². The number of rotatable bonds is 7. The van der Waals surface area contributed by atoms with Gasteiger partial charge in [0.1, 0.15) is 5.75 Å². The molecule has 1 N–H and O–H groups in total. The van der Waals surface area contributed by atoms with Crippen molar-refractivity contribution in [2.24, 2.45) is 5.10 Å². The number of hydrazone groups is 1. The zero-order valence-electron chi connectivity index (χ0n) is 14.3. The van der Waals surface area contributed by atoms with Crippen molar-refractivity contribution >= 4 is 44.3 Å². The second-order valence-corrected chi connectivity index (χ2v) is 7.10. The summed E-state index contributed by atoms with van der Waals surface area (Å²) in [5, 5.41) is 17.5. The fraction of sp³-hybridized carbons (Fsp3) is 0.111. The smallest absolute Gasteiger partial charge is 0.270 e. The summed E-state index contributed by atoms with van der Waals surface area (Å²) >= 11 is 4.80. The van der Waals surface area contributed by atoms with E-state index < -0.39 is 4.92 Å². The van der Waals surface area contributed by atoms with Crippen LogP contribution in [-0.4, -0.2) is 22.7 Å². The molecule has 3 aromatic rings. The topological polar surface area (TPSA) is 89.7 Å². The van der Waals surface area contributed by atoms with Crippen molar-refractivity contribution in [3.8, 4) is 17.0 Å². The van der Waals surface area contributed by atoms with E-state index in [9.17, 15) is 10.1 Å². The maximum atomic E-state index is 10.9. The Morgan fingerprint density at radius 2 is 2.22 bits per heavy atom. The van der Waals surface area contributed by atoms with Gasteiger partial charge in [0, 0.05) is 33.1 Å². The number of halogens is 1. The van der Waals surface area contributed by atoms with Gasteiger partial charge in [0.05, 0.1) is 23.4 Å². The standard InChI is InChI=1S/C18H15BrN4O3S/c1-2-26-17-7-6-14(19)8-13(17)10-20-22-18-21-16(11-27-18)12-4-3-5-15(9-12)23(24)25/h3-11H,2H2,1H3,(H,21,22)/b20-10+. The molecule has 138 valence electrons. The first kappa shape index (κ1) is 19.0. The molecule has 1 aromatic heterocycles. The van der Waals surface area contributed by atoms with Crippen molar-refractivity contribution in [2.75, 3.05) is 12.0 Å². The van der Waals surface area contributed by atoms with Gasteiger partial charge in [-0.1, -0.05) is 28.1 Å². The molecule has 27 heavy (non-hydrogen) atoms.